The zero-order valence-corrected chi connectivity index (χ0v) is 19.5. The summed E-state index contributed by atoms with van der Waals surface area (Å²) in [7, 11) is 0. The molecule has 0 bridgehead atoms. The molecule has 5 nitrogen and oxygen atoms in total. The maximum Gasteiger partial charge on any atom is 0.266 e. The number of hydrogen-bond acceptors (Lipinski definition) is 4. The standard InChI is InChI=1S/C24H33N3O2S/c1-16-14-20(26-23(29)24(3,4)5)30-21(16)22(28)25-19-11-9-18(10-12-19)15-27-13-7-6-8-17(27)2/h9-12,14,17H,6-8,13,15H2,1-5H3,(H,25,28)(H,26,29). The first-order valence-electron chi connectivity index (χ1n) is 10.7. The van der Waals surface area contributed by atoms with Crippen LogP contribution < -0.4 is 10.6 Å². The van der Waals surface area contributed by atoms with Crippen LogP contribution in [0.2, 0.25) is 0 Å². The molecule has 0 aliphatic carbocycles. The van der Waals surface area contributed by atoms with Gasteiger partial charge in [-0.1, -0.05) is 39.3 Å². The number of carbonyl (C=O) groups is 2. The molecule has 1 aromatic heterocycles. The van der Waals surface area contributed by atoms with Gasteiger partial charge in [0.2, 0.25) is 5.91 Å². The number of nitrogens with one attached hydrogen (secondary N) is 2. The van der Waals surface area contributed by atoms with Crippen LogP contribution in [0.15, 0.2) is 30.3 Å². The Kier molecular flexibility index (Phi) is 6.98. The number of nitrogens with zero attached hydrogens (tertiary/aromatic N) is 1. The lowest BCUT2D eigenvalue weighted by Gasteiger charge is -2.33. The van der Waals surface area contributed by atoms with E-state index < -0.39 is 5.41 Å². The second kappa shape index (κ2) is 9.31. The minimum absolute atomic E-state index is 0.0608. The van der Waals surface area contributed by atoms with Crippen LogP contribution in [0.3, 0.4) is 0 Å². The van der Waals surface area contributed by atoms with E-state index >= 15 is 0 Å². The largest absolute Gasteiger partial charge is 0.321 e. The summed E-state index contributed by atoms with van der Waals surface area (Å²) in [5.41, 5.74) is 2.43. The number of piperidine rings is 1. The second-order valence-electron chi connectivity index (χ2n) is 9.29. The molecule has 1 aromatic carbocycles. The molecule has 6 heteroatoms. The van der Waals surface area contributed by atoms with Crippen molar-refractivity contribution < 1.29 is 9.59 Å². The van der Waals surface area contributed by atoms with Gasteiger partial charge in [-0.05, 0) is 62.6 Å². The van der Waals surface area contributed by atoms with Crippen molar-refractivity contribution in [3.05, 3.63) is 46.3 Å². The van der Waals surface area contributed by atoms with E-state index in [1.54, 1.807) is 0 Å². The Morgan fingerprint density at radius 3 is 2.47 bits per heavy atom. The fraction of sp³-hybridized carbons (Fsp3) is 0.500. The molecule has 2 heterocycles. The molecule has 1 atom stereocenters. The van der Waals surface area contributed by atoms with Crippen LogP contribution >= 0.6 is 11.3 Å². The Labute approximate surface area is 183 Å². The first kappa shape index (κ1) is 22.5. The highest BCUT2D eigenvalue weighted by molar-refractivity contribution is 7.18. The highest BCUT2D eigenvalue weighted by atomic mass is 32.1. The van der Waals surface area contributed by atoms with E-state index in [2.05, 4.69) is 34.6 Å². The zero-order valence-electron chi connectivity index (χ0n) is 18.7. The highest BCUT2D eigenvalue weighted by Crippen LogP contribution is 2.29. The van der Waals surface area contributed by atoms with Gasteiger partial charge in [0.1, 0.15) is 0 Å². The van der Waals surface area contributed by atoms with Crippen LogP contribution in [0.5, 0.6) is 0 Å². The van der Waals surface area contributed by atoms with Gasteiger partial charge in [-0.2, -0.15) is 0 Å². The molecule has 1 fully saturated rings. The first-order chi connectivity index (χ1) is 14.1. The number of hydrogen-bond donors (Lipinski definition) is 2. The van der Waals surface area contributed by atoms with Crippen molar-refractivity contribution in [1.29, 1.82) is 0 Å². The van der Waals surface area contributed by atoms with Crippen molar-refractivity contribution in [3.8, 4) is 0 Å². The Bertz CT molecular complexity index is 896. The quantitative estimate of drug-likeness (QED) is 0.646. The number of aryl methyl sites for hydroxylation is 1. The smallest absolute Gasteiger partial charge is 0.266 e. The zero-order chi connectivity index (χ0) is 21.9. The molecule has 2 amide bonds. The minimum atomic E-state index is -0.478. The van der Waals surface area contributed by atoms with E-state index in [0.29, 0.717) is 15.9 Å². The van der Waals surface area contributed by atoms with Crippen molar-refractivity contribution in [2.75, 3.05) is 17.2 Å². The van der Waals surface area contributed by atoms with E-state index in [1.165, 1.54) is 36.2 Å². The highest BCUT2D eigenvalue weighted by Gasteiger charge is 2.23. The Morgan fingerprint density at radius 2 is 1.83 bits per heavy atom. The predicted molar refractivity (Wildman–Crippen MR) is 125 cm³/mol. The fourth-order valence-electron chi connectivity index (χ4n) is 3.58. The molecule has 162 valence electrons. The molecule has 3 rings (SSSR count). The van der Waals surface area contributed by atoms with E-state index in [0.717, 1.165) is 24.3 Å². The van der Waals surface area contributed by atoms with Gasteiger partial charge < -0.3 is 10.6 Å². The molecule has 2 aromatic rings. The SMILES string of the molecule is Cc1cc(NC(=O)C(C)(C)C)sc1C(=O)Nc1ccc(CN2CCCCC2C)cc1. The number of amides is 2. The summed E-state index contributed by atoms with van der Waals surface area (Å²) < 4.78 is 0. The third kappa shape index (κ3) is 5.70. The fourth-order valence-corrected chi connectivity index (χ4v) is 4.54. The summed E-state index contributed by atoms with van der Waals surface area (Å²) in [6.45, 7) is 11.9. The molecule has 0 saturated carbocycles. The second-order valence-corrected chi connectivity index (χ2v) is 10.3. The van der Waals surface area contributed by atoms with E-state index in [-0.39, 0.29) is 11.8 Å². The van der Waals surface area contributed by atoms with Gasteiger partial charge in [0, 0.05) is 23.7 Å². The van der Waals surface area contributed by atoms with Gasteiger partial charge >= 0.3 is 0 Å². The van der Waals surface area contributed by atoms with Gasteiger partial charge in [-0.25, -0.2) is 0 Å². The van der Waals surface area contributed by atoms with Crippen molar-refractivity contribution in [3.63, 3.8) is 0 Å². The average molecular weight is 428 g/mol. The first-order valence-corrected chi connectivity index (χ1v) is 11.5. The molecular weight excluding hydrogens is 394 g/mol. The van der Waals surface area contributed by atoms with E-state index in [1.807, 2.05) is 45.9 Å². The number of thiophene rings is 1. The Hall–Kier alpha value is -2.18. The predicted octanol–water partition coefficient (Wildman–Crippen LogP) is 5.67. The summed E-state index contributed by atoms with van der Waals surface area (Å²) in [4.78, 5) is 28.1. The van der Waals surface area contributed by atoms with Crippen LogP contribution in [0.25, 0.3) is 0 Å². The lowest BCUT2D eigenvalue weighted by atomic mass is 9.96. The molecule has 1 aliphatic heterocycles. The topological polar surface area (TPSA) is 61.4 Å². The lowest BCUT2D eigenvalue weighted by molar-refractivity contribution is -0.123. The molecule has 1 unspecified atom stereocenters. The van der Waals surface area contributed by atoms with Crippen LogP contribution in [0.4, 0.5) is 10.7 Å². The molecule has 0 radical (unpaired) electrons. The van der Waals surface area contributed by atoms with Gasteiger partial charge in [-0.15, -0.1) is 11.3 Å². The Balaban J connectivity index is 1.61. The van der Waals surface area contributed by atoms with Crippen molar-refractivity contribution in [1.82, 2.24) is 4.90 Å². The number of rotatable bonds is 5. The number of anilines is 2. The van der Waals surface area contributed by atoms with Gasteiger partial charge in [0.15, 0.2) is 0 Å². The summed E-state index contributed by atoms with van der Waals surface area (Å²) in [6, 6.07) is 10.6. The summed E-state index contributed by atoms with van der Waals surface area (Å²) in [6.07, 6.45) is 3.87. The molecule has 1 aliphatic rings. The molecule has 0 spiro atoms. The number of carbonyl (C=O) groups excluding carboxylic acids is 2. The summed E-state index contributed by atoms with van der Waals surface area (Å²) >= 11 is 1.31. The summed E-state index contributed by atoms with van der Waals surface area (Å²) in [5, 5.41) is 6.58. The van der Waals surface area contributed by atoms with Crippen LogP contribution in [-0.4, -0.2) is 29.3 Å². The van der Waals surface area contributed by atoms with Gasteiger partial charge in [-0.3, -0.25) is 14.5 Å². The van der Waals surface area contributed by atoms with Crippen molar-refractivity contribution in [2.45, 2.75) is 66.5 Å². The number of benzene rings is 1. The monoisotopic (exact) mass is 427 g/mol. The molecule has 2 N–H and O–H groups in total. The van der Waals surface area contributed by atoms with E-state index in [4.69, 9.17) is 0 Å². The average Bonchev–Trinajstić information content (AvgIpc) is 3.04. The van der Waals surface area contributed by atoms with Crippen LogP contribution in [-0.2, 0) is 11.3 Å². The maximum absolute atomic E-state index is 12.8. The van der Waals surface area contributed by atoms with Gasteiger partial charge in [0.25, 0.3) is 5.91 Å². The third-order valence-electron chi connectivity index (χ3n) is 5.58. The van der Waals surface area contributed by atoms with E-state index in [9.17, 15) is 9.59 Å². The maximum atomic E-state index is 12.8. The lowest BCUT2D eigenvalue weighted by Crippen LogP contribution is -2.36. The van der Waals surface area contributed by atoms with Gasteiger partial charge in [0.05, 0.1) is 9.88 Å². The molecule has 30 heavy (non-hydrogen) atoms. The third-order valence-corrected chi connectivity index (χ3v) is 6.73. The van der Waals surface area contributed by atoms with Crippen LogP contribution in [0, 0.1) is 12.3 Å². The minimum Gasteiger partial charge on any atom is -0.321 e. The molecule has 1 saturated heterocycles. The Morgan fingerprint density at radius 1 is 1.13 bits per heavy atom. The van der Waals surface area contributed by atoms with Crippen molar-refractivity contribution in [2.24, 2.45) is 5.41 Å². The number of likely N-dealkylation sites (tertiary alicyclic amines) is 1. The normalized spacial score (nSPS) is 17.6. The summed E-state index contributed by atoms with van der Waals surface area (Å²) in [5.74, 6) is -0.208. The van der Waals surface area contributed by atoms with Crippen LogP contribution in [0.1, 0.15) is 67.8 Å². The molecular formula is C24H33N3O2S. The van der Waals surface area contributed by atoms with Crippen molar-refractivity contribution >= 4 is 33.8 Å².